The van der Waals surface area contributed by atoms with Crippen molar-refractivity contribution in [2.75, 3.05) is 11.1 Å². The molecule has 2 rings (SSSR count). The molecule has 1 amide bonds. The number of halogens is 4. The van der Waals surface area contributed by atoms with Gasteiger partial charge in [0.05, 0.1) is 11.4 Å². The molecule has 0 spiro atoms. The number of sulfone groups is 1. The molecule has 0 aliphatic carbocycles. The van der Waals surface area contributed by atoms with Crippen LogP contribution in [0.4, 0.5) is 18.9 Å². The SMILES string of the molecule is CCS(=O)(=O)c1ccc(NC(=O)C(C)(O)C(F)(F)F)c(Cl)c1Oc1ccccc1. The number of rotatable bonds is 6. The van der Waals surface area contributed by atoms with Crippen LogP contribution in [0.5, 0.6) is 11.5 Å². The molecule has 0 saturated heterocycles. The maximum atomic E-state index is 12.9. The minimum absolute atomic E-state index is 0.215. The lowest BCUT2D eigenvalue weighted by molar-refractivity contribution is -0.242. The van der Waals surface area contributed by atoms with Crippen molar-refractivity contribution in [1.29, 1.82) is 0 Å². The number of aliphatic hydroxyl groups is 1. The fourth-order valence-electron chi connectivity index (χ4n) is 2.11. The minimum Gasteiger partial charge on any atom is -0.454 e. The third-order valence-corrected chi connectivity index (χ3v) is 6.11. The van der Waals surface area contributed by atoms with Gasteiger partial charge in [0, 0.05) is 0 Å². The second-order valence-corrected chi connectivity index (χ2v) is 8.72. The van der Waals surface area contributed by atoms with E-state index in [0.717, 1.165) is 12.1 Å². The summed E-state index contributed by atoms with van der Waals surface area (Å²) in [6, 6.07) is 10.0. The average Bonchev–Trinajstić information content (AvgIpc) is 2.64. The number of nitrogens with one attached hydrogen (secondary N) is 1. The van der Waals surface area contributed by atoms with Gasteiger partial charge in [-0.1, -0.05) is 36.7 Å². The summed E-state index contributed by atoms with van der Waals surface area (Å²) in [6.07, 6.45) is -5.24. The van der Waals surface area contributed by atoms with Crippen molar-refractivity contribution in [1.82, 2.24) is 0 Å². The van der Waals surface area contributed by atoms with E-state index in [4.69, 9.17) is 16.3 Å². The Morgan fingerprint density at radius 2 is 1.76 bits per heavy atom. The highest BCUT2D eigenvalue weighted by atomic mass is 35.5. The van der Waals surface area contributed by atoms with E-state index in [-0.39, 0.29) is 34.8 Å². The molecular weight excluding hydrogens is 435 g/mol. The van der Waals surface area contributed by atoms with Crippen LogP contribution in [0, 0.1) is 0 Å². The van der Waals surface area contributed by atoms with Gasteiger partial charge in [0.1, 0.15) is 15.7 Å². The average molecular weight is 452 g/mol. The summed E-state index contributed by atoms with van der Waals surface area (Å²) in [5, 5.41) is 10.9. The van der Waals surface area contributed by atoms with E-state index < -0.39 is 32.5 Å². The molecule has 0 saturated carbocycles. The predicted octanol–water partition coefficient (Wildman–Crippen LogP) is 4.18. The number of carbonyl (C=O) groups is 1. The van der Waals surface area contributed by atoms with Crippen molar-refractivity contribution in [3.8, 4) is 11.5 Å². The minimum atomic E-state index is -5.24. The molecule has 0 heterocycles. The smallest absolute Gasteiger partial charge is 0.426 e. The van der Waals surface area contributed by atoms with Crippen LogP contribution in [0.2, 0.25) is 5.02 Å². The van der Waals surface area contributed by atoms with Crippen molar-refractivity contribution >= 4 is 33.0 Å². The Morgan fingerprint density at radius 3 is 2.28 bits per heavy atom. The topological polar surface area (TPSA) is 92.7 Å². The van der Waals surface area contributed by atoms with Crippen LogP contribution in [0.3, 0.4) is 0 Å². The molecule has 1 atom stereocenters. The first kappa shape index (κ1) is 23.0. The van der Waals surface area contributed by atoms with Gasteiger partial charge in [-0.3, -0.25) is 4.79 Å². The molecule has 2 aromatic rings. The van der Waals surface area contributed by atoms with Crippen LogP contribution in [-0.4, -0.2) is 37.0 Å². The van der Waals surface area contributed by atoms with E-state index in [1.165, 1.54) is 19.1 Å². The van der Waals surface area contributed by atoms with Gasteiger partial charge in [-0.05, 0) is 31.2 Å². The first-order valence-corrected chi connectivity index (χ1v) is 10.2. The summed E-state index contributed by atoms with van der Waals surface area (Å²) >= 11 is 6.17. The first-order valence-electron chi connectivity index (χ1n) is 8.20. The molecule has 0 aliphatic heterocycles. The predicted molar refractivity (Wildman–Crippen MR) is 101 cm³/mol. The zero-order valence-electron chi connectivity index (χ0n) is 15.2. The van der Waals surface area contributed by atoms with E-state index >= 15 is 0 Å². The summed E-state index contributed by atoms with van der Waals surface area (Å²) < 4.78 is 68.9. The van der Waals surface area contributed by atoms with Gasteiger partial charge < -0.3 is 15.2 Å². The van der Waals surface area contributed by atoms with Gasteiger partial charge in [-0.2, -0.15) is 13.2 Å². The summed E-state index contributed by atoms with van der Waals surface area (Å²) in [4.78, 5) is 11.6. The van der Waals surface area contributed by atoms with E-state index in [1.807, 2.05) is 5.32 Å². The van der Waals surface area contributed by atoms with Crippen LogP contribution in [0.15, 0.2) is 47.4 Å². The Morgan fingerprint density at radius 1 is 1.17 bits per heavy atom. The lowest BCUT2D eigenvalue weighted by Crippen LogP contribution is -2.52. The highest BCUT2D eigenvalue weighted by molar-refractivity contribution is 7.91. The molecule has 29 heavy (non-hydrogen) atoms. The fraction of sp³-hybridized carbons (Fsp3) is 0.278. The molecule has 6 nitrogen and oxygen atoms in total. The highest BCUT2D eigenvalue weighted by Gasteiger charge is 2.55. The monoisotopic (exact) mass is 451 g/mol. The van der Waals surface area contributed by atoms with E-state index in [9.17, 15) is 31.5 Å². The number of para-hydroxylation sites is 1. The Bertz CT molecular complexity index is 1010. The van der Waals surface area contributed by atoms with Gasteiger partial charge in [0.2, 0.25) is 5.60 Å². The second kappa shape index (κ2) is 8.21. The van der Waals surface area contributed by atoms with Gasteiger partial charge in [0.25, 0.3) is 5.91 Å². The zero-order valence-corrected chi connectivity index (χ0v) is 16.8. The molecule has 0 aromatic heterocycles. The van der Waals surface area contributed by atoms with Gasteiger partial charge in [-0.15, -0.1) is 0 Å². The maximum Gasteiger partial charge on any atom is 0.426 e. The first-order chi connectivity index (χ1) is 13.3. The van der Waals surface area contributed by atoms with Crippen molar-refractivity contribution in [2.45, 2.75) is 30.5 Å². The van der Waals surface area contributed by atoms with Crippen molar-refractivity contribution in [3.05, 3.63) is 47.5 Å². The fourth-order valence-corrected chi connectivity index (χ4v) is 3.43. The standard InChI is InChI=1S/C18H17ClF3NO5S/c1-3-29(26,27)13-10-9-12(23-16(24)17(2,25)18(20,21)22)14(19)15(13)28-11-7-5-4-6-8-11/h4-10,25H,3H2,1-2H3,(H,23,24). The lowest BCUT2D eigenvalue weighted by atomic mass is 10.1. The molecule has 0 radical (unpaired) electrons. The zero-order chi connectivity index (χ0) is 22.0. The van der Waals surface area contributed by atoms with Gasteiger partial charge in [-0.25, -0.2) is 8.42 Å². The third-order valence-electron chi connectivity index (χ3n) is 3.98. The van der Waals surface area contributed by atoms with Crippen LogP contribution in [0.1, 0.15) is 13.8 Å². The third kappa shape index (κ3) is 4.82. The number of carbonyl (C=O) groups excluding carboxylic acids is 1. The van der Waals surface area contributed by atoms with Crippen LogP contribution in [0.25, 0.3) is 0 Å². The summed E-state index contributed by atoms with van der Waals surface area (Å²) in [7, 11) is -3.82. The van der Waals surface area contributed by atoms with E-state index in [0.29, 0.717) is 0 Å². The molecule has 0 fully saturated rings. The van der Waals surface area contributed by atoms with Gasteiger partial charge >= 0.3 is 6.18 Å². The molecule has 158 valence electrons. The van der Waals surface area contributed by atoms with Crippen molar-refractivity contribution in [3.63, 3.8) is 0 Å². The van der Waals surface area contributed by atoms with Crippen LogP contribution in [-0.2, 0) is 14.6 Å². The number of amides is 1. The quantitative estimate of drug-likeness (QED) is 0.687. The highest BCUT2D eigenvalue weighted by Crippen LogP contribution is 2.41. The number of anilines is 1. The number of alkyl halides is 3. The Kier molecular flexibility index (Phi) is 6.51. The van der Waals surface area contributed by atoms with Gasteiger partial charge in [0.15, 0.2) is 15.6 Å². The normalized spacial score (nSPS) is 14.2. The molecular formula is C18H17ClF3NO5S. The number of ether oxygens (including phenoxy) is 1. The molecule has 11 heteroatoms. The number of hydrogen-bond acceptors (Lipinski definition) is 5. The Hall–Kier alpha value is -2.30. The number of hydrogen-bond donors (Lipinski definition) is 2. The Balaban J connectivity index is 2.54. The van der Waals surface area contributed by atoms with Crippen molar-refractivity contribution in [2.24, 2.45) is 0 Å². The van der Waals surface area contributed by atoms with Crippen LogP contribution < -0.4 is 10.1 Å². The molecule has 0 bridgehead atoms. The van der Waals surface area contributed by atoms with Crippen molar-refractivity contribution < 1.29 is 36.2 Å². The molecule has 0 aliphatic rings. The summed E-state index contributed by atoms with van der Waals surface area (Å²) in [5.74, 6) is -2.22. The summed E-state index contributed by atoms with van der Waals surface area (Å²) in [6.45, 7) is 1.68. The maximum absolute atomic E-state index is 12.9. The van der Waals surface area contributed by atoms with Crippen LogP contribution >= 0.6 is 11.6 Å². The summed E-state index contributed by atoms with van der Waals surface area (Å²) in [5.41, 5.74) is -4.05. The molecule has 2 N–H and O–H groups in total. The van der Waals surface area contributed by atoms with E-state index in [2.05, 4.69) is 0 Å². The molecule has 2 aromatic carbocycles. The Labute approximate surface area is 170 Å². The van der Waals surface area contributed by atoms with E-state index in [1.54, 1.807) is 18.2 Å². The molecule has 1 unspecified atom stereocenters. The largest absolute Gasteiger partial charge is 0.454 e. The number of benzene rings is 2. The lowest BCUT2D eigenvalue weighted by Gasteiger charge is -2.25. The second-order valence-electron chi connectivity index (χ2n) is 6.10.